The van der Waals surface area contributed by atoms with Crippen molar-refractivity contribution in [3.05, 3.63) is 47.8 Å². The third-order valence-corrected chi connectivity index (χ3v) is 5.90. The number of benzene rings is 1. The summed E-state index contributed by atoms with van der Waals surface area (Å²) >= 11 is 0. The lowest BCUT2D eigenvalue weighted by Gasteiger charge is -2.07. The summed E-state index contributed by atoms with van der Waals surface area (Å²) in [6.45, 7) is 8.26. The molecule has 0 N–H and O–H groups in total. The predicted molar refractivity (Wildman–Crippen MR) is 128 cm³/mol. The molecular formula is C27H40N2O2. The Kier molecular flexibility index (Phi) is 12.1. The highest BCUT2D eigenvalue weighted by atomic mass is 16.5. The van der Waals surface area contributed by atoms with Gasteiger partial charge >= 0.3 is 0 Å². The summed E-state index contributed by atoms with van der Waals surface area (Å²) in [5.41, 5.74) is 2.80. The maximum absolute atomic E-state index is 12.4. The van der Waals surface area contributed by atoms with Gasteiger partial charge in [-0.05, 0) is 30.7 Å². The topological polar surface area (TPSA) is 52.1 Å². The molecule has 31 heavy (non-hydrogen) atoms. The van der Waals surface area contributed by atoms with Crippen molar-refractivity contribution in [2.45, 2.75) is 85.0 Å². The zero-order chi connectivity index (χ0) is 22.3. The number of ketones is 1. The number of aromatic nitrogens is 2. The normalized spacial score (nSPS) is 12.1. The van der Waals surface area contributed by atoms with Crippen LogP contribution >= 0.6 is 0 Å². The van der Waals surface area contributed by atoms with Crippen LogP contribution < -0.4 is 0 Å². The van der Waals surface area contributed by atoms with Gasteiger partial charge in [-0.25, -0.2) is 9.97 Å². The Labute approximate surface area is 188 Å². The Hall–Kier alpha value is -2.07. The molecule has 4 nitrogen and oxygen atoms in total. The summed E-state index contributed by atoms with van der Waals surface area (Å²) in [6, 6.07) is 7.69. The lowest BCUT2D eigenvalue weighted by atomic mass is 9.98. The highest BCUT2D eigenvalue weighted by molar-refractivity contribution is 5.96. The lowest BCUT2D eigenvalue weighted by Crippen LogP contribution is -2.02. The molecule has 1 unspecified atom stereocenters. The van der Waals surface area contributed by atoms with Crippen molar-refractivity contribution in [1.82, 2.24) is 9.97 Å². The van der Waals surface area contributed by atoms with E-state index in [1.807, 2.05) is 36.7 Å². The summed E-state index contributed by atoms with van der Waals surface area (Å²) in [7, 11) is 0. The summed E-state index contributed by atoms with van der Waals surface area (Å²) in [6.07, 6.45) is 14.6. The second kappa shape index (κ2) is 14.9. The van der Waals surface area contributed by atoms with E-state index in [1.54, 1.807) is 0 Å². The molecule has 0 saturated heterocycles. The highest BCUT2D eigenvalue weighted by Gasteiger charge is 2.08. The number of unbranched alkanes of at least 4 members (excludes halogenated alkanes) is 4. The molecule has 0 bridgehead atoms. The fraction of sp³-hybridized carbons (Fsp3) is 0.593. The molecule has 1 aromatic heterocycles. The van der Waals surface area contributed by atoms with E-state index in [4.69, 9.17) is 4.74 Å². The number of rotatable bonds is 16. The summed E-state index contributed by atoms with van der Waals surface area (Å²) in [5.74, 6) is 1.67. The maximum atomic E-state index is 12.4. The Bertz CT molecular complexity index is 741. The first-order chi connectivity index (χ1) is 15.1. The van der Waals surface area contributed by atoms with E-state index >= 15 is 0 Å². The number of hydrogen-bond acceptors (Lipinski definition) is 4. The summed E-state index contributed by atoms with van der Waals surface area (Å²) in [4.78, 5) is 21.4. The van der Waals surface area contributed by atoms with Gasteiger partial charge in [0.25, 0.3) is 0 Å². The van der Waals surface area contributed by atoms with Gasteiger partial charge in [-0.15, -0.1) is 0 Å². The standard InChI is InChI=1S/C27H40N2O2/c1-4-6-7-10-18-31-19-17-23-20-28-27(29-21-23)25-15-13-24(14-16-25)26(30)12-9-8-11-22(3)5-2/h13-16,20-22H,4-12,17-19H2,1-3H3. The minimum atomic E-state index is 0.224. The van der Waals surface area contributed by atoms with Crippen LogP contribution in [0.3, 0.4) is 0 Å². The molecule has 1 heterocycles. The van der Waals surface area contributed by atoms with Crippen molar-refractivity contribution in [3.63, 3.8) is 0 Å². The molecule has 0 aliphatic heterocycles. The number of carbonyl (C=O) groups is 1. The molecule has 2 rings (SSSR count). The molecule has 2 aromatic rings. The molecule has 1 atom stereocenters. The zero-order valence-electron chi connectivity index (χ0n) is 19.7. The van der Waals surface area contributed by atoms with E-state index in [-0.39, 0.29) is 5.78 Å². The molecule has 170 valence electrons. The molecule has 0 aliphatic carbocycles. The van der Waals surface area contributed by atoms with Crippen LogP contribution in [0.25, 0.3) is 11.4 Å². The molecule has 0 aliphatic rings. The van der Waals surface area contributed by atoms with Crippen LogP contribution in [0.5, 0.6) is 0 Å². The molecule has 0 spiro atoms. The SMILES string of the molecule is CCCCCCOCCc1cnc(-c2ccc(C(=O)CCCCC(C)CC)cc2)nc1. The van der Waals surface area contributed by atoms with E-state index in [0.29, 0.717) is 18.9 Å². The largest absolute Gasteiger partial charge is 0.381 e. The van der Waals surface area contributed by atoms with Gasteiger partial charge in [0.05, 0.1) is 6.61 Å². The van der Waals surface area contributed by atoms with E-state index in [0.717, 1.165) is 54.9 Å². The van der Waals surface area contributed by atoms with Crippen LogP contribution in [0, 0.1) is 5.92 Å². The van der Waals surface area contributed by atoms with Gasteiger partial charge in [-0.3, -0.25) is 4.79 Å². The molecule has 0 amide bonds. The van der Waals surface area contributed by atoms with Gasteiger partial charge in [0.15, 0.2) is 11.6 Å². The number of Topliss-reactive ketones (excluding diaryl/α,β-unsaturated/α-hetero) is 1. The third-order valence-electron chi connectivity index (χ3n) is 5.90. The van der Waals surface area contributed by atoms with Crippen molar-refractivity contribution in [2.75, 3.05) is 13.2 Å². The van der Waals surface area contributed by atoms with Crippen molar-refractivity contribution < 1.29 is 9.53 Å². The van der Waals surface area contributed by atoms with Gasteiger partial charge < -0.3 is 4.74 Å². The van der Waals surface area contributed by atoms with Crippen molar-refractivity contribution in [1.29, 1.82) is 0 Å². The summed E-state index contributed by atoms with van der Waals surface area (Å²) in [5, 5.41) is 0. The third kappa shape index (κ3) is 9.73. The minimum Gasteiger partial charge on any atom is -0.381 e. The predicted octanol–water partition coefficient (Wildman–Crippen LogP) is 7.07. The first-order valence-electron chi connectivity index (χ1n) is 12.2. The molecule has 0 saturated carbocycles. The molecule has 0 radical (unpaired) electrons. The van der Waals surface area contributed by atoms with Crippen LogP contribution in [-0.2, 0) is 11.2 Å². The fourth-order valence-electron chi connectivity index (χ4n) is 3.49. The van der Waals surface area contributed by atoms with E-state index < -0.39 is 0 Å². The molecular weight excluding hydrogens is 384 g/mol. The van der Waals surface area contributed by atoms with Crippen molar-refractivity contribution in [3.8, 4) is 11.4 Å². The molecule has 1 aromatic carbocycles. The number of carbonyl (C=O) groups excluding carboxylic acids is 1. The first-order valence-corrected chi connectivity index (χ1v) is 12.2. The van der Waals surface area contributed by atoms with Crippen LogP contribution in [-0.4, -0.2) is 29.0 Å². The van der Waals surface area contributed by atoms with Gasteiger partial charge in [-0.1, -0.05) is 83.6 Å². The number of ether oxygens (including phenoxy) is 1. The second-order valence-electron chi connectivity index (χ2n) is 8.60. The van der Waals surface area contributed by atoms with Crippen molar-refractivity contribution in [2.24, 2.45) is 5.92 Å². The van der Waals surface area contributed by atoms with Gasteiger partial charge in [0.2, 0.25) is 0 Å². The summed E-state index contributed by atoms with van der Waals surface area (Å²) < 4.78 is 5.70. The zero-order valence-corrected chi connectivity index (χ0v) is 19.7. The van der Waals surface area contributed by atoms with Crippen LogP contribution in [0.1, 0.15) is 94.5 Å². The maximum Gasteiger partial charge on any atom is 0.162 e. The van der Waals surface area contributed by atoms with Crippen LogP contribution in [0.4, 0.5) is 0 Å². The first kappa shape index (κ1) is 25.2. The fourth-order valence-corrected chi connectivity index (χ4v) is 3.49. The van der Waals surface area contributed by atoms with Gasteiger partial charge in [0.1, 0.15) is 0 Å². The number of nitrogens with zero attached hydrogens (tertiary/aromatic N) is 2. The van der Waals surface area contributed by atoms with Gasteiger partial charge in [0, 0.05) is 36.5 Å². The van der Waals surface area contributed by atoms with E-state index in [2.05, 4.69) is 30.7 Å². The Morgan fingerprint density at radius 1 is 0.935 bits per heavy atom. The quantitative estimate of drug-likeness (QED) is 0.213. The molecule has 0 fully saturated rings. The average Bonchev–Trinajstić information content (AvgIpc) is 2.81. The Balaban J connectivity index is 1.74. The van der Waals surface area contributed by atoms with Crippen molar-refractivity contribution >= 4 is 5.78 Å². The van der Waals surface area contributed by atoms with Crippen LogP contribution in [0.2, 0.25) is 0 Å². The Morgan fingerprint density at radius 3 is 2.35 bits per heavy atom. The smallest absolute Gasteiger partial charge is 0.162 e. The highest BCUT2D eigenvalue weighted by Crippen LogP contribution is 2.18. The van der Waals surface area contributed by atoms with Crippen LogP contribution in [0.15, 0.2) is 36.7 Å². The monoisotopic (exact) mass is 424 g/mol. The average molecular weight is 425 g/mol. The second-order valence-corrected chi connectivity index (χ2v) is 8.60. The van der Waals surface area contributed by atoms with E-state index in [1.165, 1.54) is 32.1 Å². The van der Waals surface area contributed by atoms with Gasteiger partial charge in [-0.2, -0.15) is 0 Å². The minimum absolute atomic E-state index is 0.224. The number of hydrogen-bond donors (Lipinski definition) is 0. The van der Waals surface area contributed by atoms with E-state index in [9.17, 15) is 4.79 Å². The molecule has 4 heteroatoms. The lowest BCUT2D eigenvalue weighted by molar-refractivity contribution is 0.0978. The Morgan fingerprint density at radius 2 is 1.68 bits per heavy atom.